The lowest BCUT2D eigenvalue weighted by Gasteiger charge is -2.19. The zero-order valence-corrected chi connectivity index (χ0v) is 14.3. The maximum absolute atomic E-state index is 13.0. The average Bonchev–Trinajstić information content (AvgIpc) is 3.31. The van der Waals surface area contributed by atoms with Crippen molar-refractivity contribution in [3.05, 3.63) is 59.7 Å². The van der Waals surface area contributed by atoms with Gasteiger partial charge in [0.1, 0.15) is 0 Å². The van der Waals surface area contributed by atoms with E-state index in [1.807, 2.05) is 29.0 Å². The van der Waals surface area contributed by atoms with Crippen molar-refractivity contribution in [2.24, 2.45) is 0 Å². The molecular formula is C18H16N2O4S. The van der Waals surface area contributed by atoms with Gasteiger partial charge in [0.25, 0.3) is 5.91 Å². The molecule has 1 N–H and O–H groups in total. The second kappa shape index (κ2) is 5.16. The van der Waals surface area contributed by atoms with Crippen LogP contribution in [0.25, 0.3) is 0 Å². The molecule has 128 valence electrons. The predicted octanol–water partition coefficient (Wildman–Crippen LogP) is 2.09. The Morgan fingerprint density at radius 2 is 1.84 bits per heavy atom. The third-order valence-electron chi connectivity index (χ3n) is 4.67. The van der Waals surface area contributed by atoms with Gasteiger partial charge in [0.2, 0.25) is 15.9 Å². The van der Waals surface area contributed by atoms with Crippen LogP contribution in [0, 0.1) is 0 Å². The SMILES string of the molecule is CS(=O)(=O)NC(=O)c1cccc(N2C(=O)C3(CC3)c3ccccc32)c1. The van der Waals surface area contributed by atoms with Crippen molar-refractivity contribution in [2.75, 3.05) is 11.2 Å². The summed E-state index contributed by atoms with van der Waals surface area (Å²) in [5.74, 6) is -0.709. The number of rotatable bonds is 3. The van der Waals surface area contributed by atoms with E-state index in [-0.39, 0.29) is 11.5 Å². The predicted molar refractivity (Wildman–Crippen MR) is 93.3 cm³/mol. The summed E-state index contributed by atoms with van der Waals surface area (Å²) in [6.07, 6.45) is 2.58. The van der Waals surface area contributed by atoms with Crippen molar-refractivity contribution in [3.8, 4) is 0 Å². The van der Waals surface area contributed by atoms with Crippen molar-refractivity contribution in [3.63, 3.8) is 0 Å². The number of amides is 2. The summed E-state index contributed by atoms with van der Waals surface area (Å²) in [7, 11) is -3.65. The van der Waals surface area contributed by atoms with Gasteiger partial charge in [-0.2, -0.15) is 0 Å². The molecule has 0 radical (unpaired) electrons. The van der Waals surface area contributed by atoms with E-state index in [2.05, 4.69) is 0 Å². The van der Waals surface area contributed by atoms with Gasteiger partial charge in [-0.05, 0) is 42.7 Å². The largest absolute Gasteiger partial charge is 0.280 e. The number of carbonyl (C=O) groups excluding carboxylic acids is 2. The molecule has 4 rings (SSSR count). The van der Waals surface area contributed by atoms with Gasteiger partial charge in [0, 0.05) is 11.3 Å². The Bertz CT molecular complexity index is 1010. The third-order valence-corrected chi connectivity index (χ3v) is 5.22. The van der Waals surface area contributed by atoms with Crippen LogP contribution in [0.3, 0.4) is 0 Å². The number of sulfonamides is 1. The second-order valence-electron chi connectivity index (χ2n) is 6.49. The van der Waals surface area contributed by atoms with Crippen molar-refractivity contribution in [1.82, 2.24) is 4.72 Å². The van der Waals surface area contributed by atoms with Crippen LogP contribution in [0.1, 0.15) is 28.8 Å². The summed E-state index contributed by atoms with van der Waals surface area (Å²) in [5.41, 5.74) is 2.16. The number of fused-ring (bicyclic) bond motifs is 2. The Labute approximate surface area is 145 Å². The van der Waals surface area contributed by atoms with E-state index in [0.717, 1.165) is 30.3 Å². The molecule has 2 amide bonds. The highest BCUT2D eigenvalue weighted by Crippen LogP contribution is 2.58. The average molecular weight is 356 g/mol. The molecule has 2 aromatic carbocycles. The molecule has 6 nitrogen and oxygen atoms in total. The lowest BCUT2D eigenvalue weighted by atomic mass is 9.98. The Morgan fingerprint density at radius 1 is 1.12 bits per heavy atom. The Kier molecular flexibility index (Phi) is 3.27. The third kappa shape index (κ3) is 2.51. The molecule has 25 heavy (non-hydrogen) atoms. The quantitative estimate of drug-likeness (QED) is 0.913. The molecule has 0 unspecified atom stereocenters. The minimum atomic E-state index is -3.65. The zero-order chi connectivity index (χ0) is 17.8. The molecule has 7 heteroatoms. The second-order valence-corrected chi connectivity index (χ2v) is 8.24. The smallest absolute Gasteiger partial charge is 0.264 e. The Morgan fingerprint density at radius 3 is 2.52 bits per heavy atom. The molecule has 0 atom stereocenters. The van der Waals surface area contributed by atoms with Crippen LogP contribution in [0.4, 0.5) is 11.4 Å². The van der Waals surface area contributed by atoms with Gasteiger partial charge in [-0.15, -0.1) is 0 Å². The number of hydrogen-bond donors (Lipinski definition) is 1. The fraction of sp³-hybridized carbons (Fsp3) is 0.222. The fourth-order valence-electron chi connectivity index (χ4n) is 3.39. The first kappa shape index (κ1) is 15.8. The van der Waals surface area contributed by atoms with Crippen molar-refractivity contribution in [2.45, 2.75) is 18.3 Å². The first-order chi connectivity index (χ1) is 11.8. The van der Waals surface area contributed by atoms with Crippen molar-refractivity contribution < 1.29 is 18.0 Å². The molecule has 0 aromatic heterocycles. The summed E-state index contributed by atoms with van der Waals surface area (Å²) in [6.45, 7) is 0. The lowest BCUT2D eigenvalue weighted by Crippen LogP contribution is -2.30. The van der Waals surface area contributed by atoms with E-state index >= 15 is 0 Å². The van der Waals surface area contributed by atoms with E-state index in [9.17, 15) is 18.0 Å². The highest BCUT2D eigenvalue weighted by Gasteiger charge is 2.59. The molecule has 2 aliphatic rings. The maximum atomic E-state index is 13.0. The van der Waals surface area contributed by atoms with Gasteiger partial charge >= 0.3 is 0 Å². The van der Waals surface area contributed by atoms with E-state index in [4.69, 9.17) is 0 Å². The van der Waals surface area contributed by atoms with Gasteiger partial charge in [0.05, 0.1) is 17.4 Å². The fourth-order valence-corrected chi connectivity index (χ4v) is 3.84. The topological polar surface area (TPSA) is 83.6 Å². The van der Waals surface area contributed by atoms with Crippen molar-refractivity contribution in [1.29, 1.82) is 0 Å². The normalized spacial score (nSPS) is 17.5. The number of nitrogens with one attached hydrogen (secondary N) is 1. The molecule has 1 aliphatic carbocycles. The number of hydrogen-bond acceptors (Lipinski definition) is 4. The highest BCUT2D eigenvalue weighted by molar-refractivity contribution is 7.89. The highest BCUT2D eigenvalue weighted by atomic mass is 32.2. The van der Waals surface area contributed by atoms with Gasteiger partial charge in [0.15, 0.2) is 0 Å². The summed E-state index contributed by atoms with van der Waals surface area (Å²) in [6, 6.07) is 14.1. The molecule has 1 heterocycles. The van der Waals surface area contributed by atoms with Crippen LogP contribution in [0.2, 0.25) is 0 Å². The molecule has 1 aliphatic heterocycles. The molecule has 0 bridgehead atoms. The summed E-state index contributed by atoms with van der Waals surface area (Å²) >= 11 is 0. The van der Waals surface area contributed by atoms with Gasteiger partial charge in [-0.3, -0.25) is 14.5 Å². The Balaban J connectivity index is 1.75. The number of nitrogens with zero attached hydrogens (tertiary/aromatic N) is 1. The van der Waals surface area contributed by atoms with Crippen molar-refractivity contribution >= 4 is 33.2 Å². The molecule has 1 fully saturated rings. The minimum absolute atomic E-state index is 0.00868. The zero-order valence-electron chi connectivity index (χ0n) is 13.5. The molecule has 1 saturated carbocycles. The molecule has 1 spiro atoms. The number of carbonyl (C=O) groups is 2. The number of para-hydroxylation sites is 1. The minimum Gasteiger partial charge on any atom is -0.280 e. The van der Waals surface area contributed by atoms with Crippen LogP contribution in [-0.4, -0.2) is 26.5 Å². The molecule has 2 aromatic rings. The number of benzene rings is 2. The molecular weight excluding hydrogens is 340 g/mol. The lowest BCUT2D eigenvalue weighted by molar-refractivity contribution is -0.119. The van der Waals surface area contributed by atoms with Crippen LogP contribution in [-0.2, 0) is 20.2 Å². The molecule has 0 saturated heterocycles. The summed E-state index contributed by atoms with van der Waals surface area (Å²) in [5, 5.41) is 0. The standard InChI is InChI=1S/C18H16N2O4S/c1-25(23,24)19-16(21)12-5-4-6-13(11-12)20-15-8-3-2-7-14(15)18(9-10-18)17(20)22/h2-8,11H,9-10H2,1H3,(H,19,21). The first-order valence-electron chi connectivity index (χ1n) is 7.88. The van der Waals surface area contributed by atoms with E-state index in [1.165, 1.54) is 12.1 Å². The van der Waals surface area contributed by atoms with E-state index in [0.29, 0.717) is 5.69 Å². The maximum Gasteiger partial charge on any atom is 0.264 e. The van der Waals surface area contributed by atoms with Gasteiger partial charge in [-0.25, -0.2) is 13.1 Å². The van der Waals surface area contributed by atoms with Crippen LogP contribution in [0.15, 0.2) is 48.5 Å². The van der Waals surface area contributed by atoms with Crippen LogP contribution in [0.5, 0.6) is 0 Å². The summed E-state index contributed by atoms with van der Waals surface area (Å²) in [4.78, 5) is 26.7. The van der Waals surface area contributed by atoms with Crippen LogP contribution < -0.4 is 9.62 Å². The van der Waals surface area contributed by atoms with Gasteiger partial charge in [-0.1, -0.05) is 24.3 Å². The monoisotopic (exact) mass is 356 g/mol. The number of anilines is 2. The van der Waals surface area contributed by atoms with E-state index < -0.39 is 21.3 Å². The first-order valence-corrected chi connectivity index (χ1v) is 9.77. The van der Waals surface area contributed by atoms with Crippen LogP contribution >= 0.6 is 0 Å². The summed E-state index contributed by atoms with van der Waals surface area (Å²) < 4.78 is 24.5. The Hall–Kier alpha value is -2.67. The van der Waals surface area contributed by atoms with Gasteiger partial charge < -0.3 is 0 Å². The van der Waals surface area contributed by atoms with E-state index in [1.54, 1.807) is 17.0 Å².